The fourth-order valence-corrected chi connectivity index (χ4v) is 2.42. The van der Waals surface area contributed by atoms with Gasteiger partial charge in [0.1, 0.15) is 5.82 Å². The molecular weight excluding hydrogens is 233 g/mol. The van der Waals surface area contributed by atoms with Crippen molar-refractivity contribution in [3.63, 3.8) is 0 Å². The van der Waals surface area contributed by atoms with Crippen molar-refractivity contribution in [1.82, 2.24) is 0 Å². The predicted molar refractivity (Wildman–Crippen MR) is 50.8 cm³/mol. The topological polar surface area (TPSA) is 23.8 Å². The maximum Gasteiger partial charge on any atom is 0.124 e. The van der Waals surface area contributed by atoms with Crippen LogP contribution in [-0.2, 0) is 6.42 Å². The molecule has 0 aromatic heterocycles. The summed E-state index contributed by atoms with van der Waals surface area (Å²) in [6.45, 7) is 0. The Bertz CT molecular complexity index is 395. The van der Waals surface area contributed by atoms with Crippen LogP contribution in [0.5, 0.6) is 0 Å². The fourth-order valence-electron chi connectivity index (χ4n) is 1.78. The Labute approximate surface area is 84.3 Å². The van der Waals surface area contributed by atoms with Crippen LogP contribution < -0.4 is 0 Å². The molecule has 3 heteroatoms. The first-order valence-electron chi connectivity index (χ1n) is 4.10. The minimum atomic E-state index is -0.271. The van der Waals surface area contributed by atoms with E-state index in [2.05, 4.69) is 22.0 Å². The van der Waals surface area contributed by atoms with Crippen LogP contribution in [0.4, 0.5) is 4.39 Å². The van der Waals surface area contributed by atoms with E-state index in [-0.39, 0.29) is 11.7 Å². The van der Waals surface area contributed by atoms with E-state index >= 15 is 0 Å². The van der Waals surface area contributed by atoms with Crippen LogP contribution in [0, 0.1) is 17.1 Å². The summed E-state index contributed by atoms with van der Waals surface area (Å²) in [5, 5.41) is 8.81. The second kappa shape index (κ2) is 3.12. The van der Waals surface area contributed by atoms with E-state index in [0.29, 0.717) is 0 Å². The van der Waals surface area contributed by atoms with E-state index in [1.54, 1.807) is 0 Å². The Morgan fingerprint density at radius 1 is 1.54 bits per heavy atom. The molecule has 0 spiro atoms. The molecule has 1 aliphatic carbocycles. The minimum Gasteiger partial charge on any atom is -0.207 e. The molecule has 0 bridgehead atoms. The monoisotopic (exact) mass is 239 g/mol. The molecule has 1 atom stereocenters. The highest BCUT2D eigenvalue weighted by Gasteiger charge is 2.24. The van der Waals surface area contributed by atoms with Gasteiger partial charge in [-0.25, -0.2) is 4.39 Å². The number of benzene rings is 1. The van der Waals surface area contributed by atoms with Crippen molar-refractivity contribution in [2.75, 3.05) is 0 Å². The quantitative estimate of drug-likeness (QED) is 0.683. The Morgan fingerprint density at radius 2 is 2.31 bits per heavy atom. The van der Waals surface area contributed by atoms with E-state index in [4.69, 9.17) is 5.26 Å². The van der Waals surface area contributed by atoms with E-state index in [1.807, 2.05) is 0 Å². The molecule has 0 fully saturated rings. The summed E-state index contributed by atoms with van der Waals surface area (Å²) in [5.74, 6) is -0.394. The van der Waals surface area contributed by atoms with Gasteiger partial charge in [-0.05, 0) is 36.1 Å². The highest BCUT2D eigenvalue weighted by Crippen LogP contribution is 2.37. The zero-order valence-electron chi connectivity index (χ0n) is 6.85. The van der Waals surface area contributed by atoms with Gasteiger partial charge >= 0.3 is 0 Å². The maximum absolute atomic E-state index is 13.0. The van der Waals surface area contributed by atoms with Gasteiger partial charge in [0, 0.05) is 4.47 Å². The molecule has 0 amide bonds. The fraction of sp³-hybridized carbons (Fsp3) is 0.300. The lowest BCUT2D eigenvalue weighted by atomic mass is 10.0. The van der Waals surface area contributed by atoms with Gasteiger partial charge in [-0.3, -0.25) is 0 Å². The van der Waals surface area contributed by atoms with E-state index < -0.39 is 0 Å². The molecule has 2 rings (SSSR count). The predicted octanol–water partition coefficient (Wildman–Crippen LogP) is 3.14. The lowest BCUT2D eigenvalue weighted by molar-refractivity contribution is 0.624. The first-order chi connectivity index (χ1) is 6.22. The van der Waals surface area contributed by atoms with Crippen molar-refractivity contribution in [3.8, 4) is 6.07 Å². The summed E-state index contributed by atoms with van der Waals surface area (Å²) in [6, 6.07) is 5.12. The number of halogens is 2. The molecule has 1 aliphatic rings. The van der Waals surface area contributed by atoms with Gasteiger partial charge in [-0.1, -0.05) is 15.9 Å². The molecule has 0 heterocycles. The molecule has 0 saturated carbocycles. The summed E-state index contributed by atoms with van der Waals surface area (Å²) < 4.78 is 13.8. The normalized spacial score (nSPS) is 19.6. The van der Waals surface area contributed by atoms with Gasteiger partial charge in [-0.15, -0.1) is 0 Å². The third-order valence-electron chi connectivity index (χ3n) is 2.41. The van der Waals surface area contributed by atoms with E-state index in [9.17, 15) is 4.39 Å². The minimum absolute atomic E-state index is 0.123. The average molecular weight is 240 g/mol. The van der Waals surface area contributed by atoms with Crippen molar-refractivity contribution >= 4 is 15.9 Å². The maximum atomic E-state index is 13.0. The van der Waals surface area contributed by atoms with Crippen LogP contribution in [0.25, 0.3) is 0 Å². The lowest BCUT2D eigenvalue weighted by Crippen LogP contribution is -1.90. The first-order valence-corrected chi connectivity index (χ1v) is 4.89. The largest absolute Gasteiger partial charge is 0.207 e. The third-order valence-corrected chi connectivity index (χ3v) is 3.12. The van der Waals surface area contributed by atoms with Crippen LogP contribution in [0.1, 0.15) is 23.5 Å². The van der Waals surface area contributed by atoms with Crippen molar-refractivity contribution in [2.24, 2.45) is 0 Å². The van der Waals surface area contributed by atoms with Crippen molar-refractivity contribution in [2.45, 2.75) is 18.8 Å². The van der Waals surface area contributed by atoms with Gasteiger partial charge in [0.2, 0.25) is 0 Å². The smallest absolute Gasteiger partial charge is 0.124 e. The van der Waals surface area contributed by atoms with Crippen molar-refractivity contribution < 1.29 is 4.39 Å². The van der Waals surface area contributed by atoms with Gasteiger partial charge < -0.3 is 0 Å². The van der Waals surface area contributed by atoms with Gasteiger partial charge in [-0.2, -0.15) is 5.26 Å². The lowest BCUT2D eigenvalue weighted by Gasteiger charge is -2.03. The zero-order valence-corrected chi connectivity index (χ0v) is 8.44. The van der Waals surface area contributed by atoms with Crippen LogP contribution in [0.3, 0.4) is 0 Å². The number of nitriles is 1. The highest BCUT2D eigenvalue weighted by atomic mass is 79.9. The first kappa shape index (κ1) is 8.71. The summed E-state index contributed by atoms with van der Waals surface area (Å²) in [7, 11) is 0. The van der Waals surface area contributed by atoms with Crippen molar-refractivity contribution in [1.29, 1.82) is 5.26 Å². The number of hydrogen-bond donors (Lipinski definition) is 0. The summed E-state index contributed by atoms with van der Waals surface area (Å²) in [5.41, 5.74) is 1.95. The molecular formula is C10H7BrFN. The third kappa shape index (κ3) is 1.36. The Morgan fingerprint density at radius 3 is 3.00 bits per heavy atom. The Kier molecular flexibility index (Phi) is 2.09. The number of rotatable bonds is 0. The van der Waals surface area contributed by atoms with Crippen LogP contribution in [-0.4, -0.2) is 0 Å². The molecule has 1 unspecified atom stereocenters. The molecule has 1 aromatic carbocycles. The van der Waals surface area contributed by atoms with Crippen molar-refractivity contribution in [3.05, 3.63) is 33.5 Å². The van der Waals surface area contributed by atoms with E-state index in [0.717, 1.165) is 28.4 Å². The summed E-state index contributed by atoms with van der Waals surface area (Å²) in [4.78, 5) is 0. The van der Waals surface area contributed by atoms with Crippen LogP contribution >= 0.6 is 15.9 Å². The molecule has 13 heavy (non-hydrogen) atoms. The summed E-state index contributed by atoms with van der Waals surface area (Å²) in [6.07, 6.45) is 1.68. The van der Waals surface area contributed by atoms with Gasteiger partial charge in [0.05, 0.1) is 12.0 Å². The highest BCUT2D eigenvalue weighted by molar-refractivity contribution is 9.10. The van der Waals surface area contributed by atoms with E-state index in [1.165, 1.54) is 12.1 Å². The molecule has 0 radical (unpaired) electrons. The molecule has 1 aromatic rings. The molecule has 0 N–H and O–H groups in total. The average Bonchev–Trinajstić information content (AvgIpc) is 2.47. The second-order valence-corrected chi connectivity index (χ2v) is 4.03. The zero-order chi connectivity index (χ0) is 9.42. The van der Waals surface area contributed by atoms with Gasteiger partial charge in [0.25, 0.3) is 0 Å². The molecule has 0 saturated heterocycles. The molecule has 0 aliphatic heterocycles. The van der Waals surface area contributed by atoms with Gasteiger partial charge in [0.15, 0.2) is 0 Å². The summed E-state index contributed by atoms with van der Waals surface area (Å²) >= 11 is 3.31. The second-order valence-electron chi connectivity index (χ2n) is 3.18. The SMILES string of the molecule is N#CC1CCc2c(Br)cc(F)cc21. The Balaban J connectivity index is 2.59. The Hall–Kier alpha value is -0.880. The number of hydrogen-bond acceptors (Lipinski definition) is 1. The van der Waals surface area contributed by atoms with Crippen LogP contribution in [0.15, 0.2) is 16.6 Å². The number of fused-ring (bicyclic) bond motifs is 1. The number of nitrogens with zero attached hydrogens (tertiary/aromatic N) is 1. The van der Waals surface area contributed by atoms with Crippen LogP contribution in [0.2, 0.25) is 0 Å². The molecule has 1 nitrogen and oxygen atoms in total. The standard InChI is InChI=1S/C10H7BrFN/c11-10-4-7(12)3-9-6(5-13)1-2-8(9)10/h3-4,6H,1-2H2. The molecule has 66 valence electrons.